The molecule has 2 aliphatic heterocycles. The molecule has 0 aromatic rings. The lowest BCUT2D eigenvalue weighted by molar-refractivity contribution is -0.125. The Labute approximate surface area is 120 Å². The Kier molecular flexibility index (Phi) is 5.37. The summed E-state index contributed by atoms with van der Waals surface area (Å²) in [5.41, 5.74) is 0. The van der Waals surface area contributed by atoms with Gasteiger partial charge in [0.25, 0.3) is 0 Å². The highest BCUT2D eigenvalue weighted by molar-refractivity contribution is 5.82. The Morgan fingerprint density at radius 2 is 1.95 bits per heavy atom. The zero-order valence-electron chi connectivity index (χ0n) is 12.4. The largest absolute Gasteiger partial charge is 0.358 e. The van der Waals surface area contributed by atoms with Crippen molar-refractivity contribution in [3.8, 4) is 0 Å². The smallest absolute Gasteiger partial charge is 0.237 e. The van der Waals surface area contributed by atoms with Gasteiger partial charge in [-0.05, 0) is 31.7 Å². The van der Waals surface area contributed by atoms with Crippen LogP contribution in [-0.4, -0.2) is 62.0 Å². The van der Waals surface area contributed by atoms with Gasteiger partial charge in [-0.3, -0.25) is 14.5 Å². The van der Waals surface area contributed by atoms with E-state index in [0.29, 0.717) is 12.5 Å². The quantitative estimate of drug-likeness (QED) is 0.638. The average molecular weight is 282 g/mol. The van der Waals surface area contributed by atoms with Crippen molar-refractivity contribution in [2.45, 2.75) is 38.3 Å². The maximum absolute atomic E-state index is 12.2. The normalized spacial score (nSPS) is 28.3. The first-order chi connectivity index (χ1) is 9.60. The predicted octanol–water partition coefficient (Wildman–Crippen LogP) is -0.689. The van der Waals surface area contributed by atoms with Gasteiger partial charge in [0.2, 0.25) is 11.8 Å². The molecule has 20 heavy (non-hydrogen) atoms. The van der Waals surface area contributed by atoms with Crippen molar-refractivity contribution in [1.82, 2.24) is 20.9 Å². The molecule has 2 heterocycles. The third-order valence-electron chi connectivity index (χ3n) is 4.40. The second kappa shape index (κ2) is 7.04. The molecule has 0 aromatic heterocycles. The lowest BCUT2D eigenvalue weighted by Crippen LogP contribution is -2.51. The molecular weight excluding hydrogens is 256 g/mol. The molecule has 0 spiro atoms. The Morgan fingerprint density at radius 1 is 1.25 bits per heavy atom. The first-order valence-corrected chi connectivity index (χ1v) is 7.57. The molecule has 0 aliphatic carbocycles. The number of nitrogens with zero attached hydrogens (tertiary/aromatic N) is 1. The summed E-state index contributed by atoms with van der Waals surface area (Å²) in [6.45, 7) is 5.25. The number of likely N-dealkylation sites (tertiary alicyclic amines) is 1. The highest BCUT2D eigenvalue weighted by atomic mass is 16.2. The minimum atomic E-state index is -0.0288. The van der Waals surface area contributed by atoms with E-state index in [0.717, 1.165) is 38.9 Å². The number of likely N-dealkylation sites (N-methyl/N-ethyl adjacent to an activating group) is 1. The van der Waals surface area contributed by atoms with Crippen LogP contribution in [0.15, 0.2) is 0 Å². The predicted molar refractivity (Wildman–Crippen MR) is 77.2 cm³/mol. The highest BCUT2D eigenvalue weighted by Gasteiger charge is 2.31. The fourth-order valence-electron chi connectivity index (χ4n) is 2.99. The van der Waals surface area contributed by atoms with Crippen LogP contribution < -0.4 is 16.0 Å². The SMILES string of the molecule is CNC(=O)CN1CCC(NC(=O)C2NCCC2C)CC1. The molecule has 0 radical (unpaired) electrons. The van der Waals surface area contributed by atoms with Crippen molar-refractivity contribution < 1.29 is 9.59 Å². The van der Waals surface area contributed by atoms with Gasteiger partial charge in [-0.25, -0.2) is 0 Å². The van der Waals surface area contributed by atoms with E-state index in [-0.39, 0.29) is 23.9 Å². The van der Waals surface area contributed by atoms with E-state index in [4.69, 9.17) is 0 Å². The maximum atomic E-state index is 12.2. The van der Waals surface area contributed by atoms with Gasteiger partial charge in [0.1, 0.15) is 0 Å². The molecule has 2 unspecified atom stereocenters. The van der Waals surface area contributed by atoms with Gasteiger partial charge in [0, 0.05) is 26.2 Å². The molecule has 0 saturated carbocycles. The first kappa shape index (κ1) is 15.3. The van der Waals surface area contributed by atoms with E-state index in [9.17, 15) is 9.59 Å². The van der Waals surface area contributed by atoms with Gasteiger partial charge in [0.05, 0.1) is 12.6 Å². The first-order valence-electron chi connectivity index (χ1n) is 7.57. The summed E-state index contributed by atoms with van der Waals surface area (Å²) in [6, 6.07) is 0.219. The Morgan fingerprint density at radius 3 is 2.50 bits per heavy atom. The lowest BCUT2D eigenvalue weighted by atomic mass is 10.0. The number of carbonyl (C=O) groups is 2. The molecule has 0 aromatic carbocycles. The molecule has 114 valence electrons. The summed E-state index contributed by atoms with van der Waals surface area (Å²) in [4.78, 5) is 25.6. The minimum Gasteiger partial charge on any atom is -0.358 e. The van der Waals surface area contributed by atoms with Crippen LogP contribution in [0.5, 0.6) is 0 Å². The zero-order valence-corrected chi connectivity index (χ0v) is 12.4. The van der Waals surface area contributed by atoms with Crippen molar-refractivity contribution in [3.63, 3.8) is 0 Å². The molecule has 2 atom stereocenters. The van der Waals surface area contributed by atoms with E-state index in [1.54, 1.807) is 7.05 Å². The third kappa shape index (κ3) is 3.93. The number of piperidine rings is 1. The summed E-state index contributed by atoms with van der Waals surface area (Å²) in [6.07, 6.45) is 2.91. The standard InChI is InChI=1S/C14H26N4O2/c1-10-3-6-16-13(10)14(20)17-11-4-7-18(8-5-11)9-12(19)15-2/h10-11,13,16H,3-9H2,1-2H3,(H,15,19)(H,17,20). The van der Waals surface area contributed by atoms with E-state index in [1.165, 1.54) is 0 Å². The summed E-state index contributed by atoms with van der Waals surface area (Å²) < 4.78 is 0. The fourth-order valence-corrected chi connectivity index (χ4v) is 2.99. The number of carbonyl (C=O) groups excluding carboxylic acids is 2. The fraction of sp³-hybridized carbons (Fsp3) is 0.857. The van der Waals surface area contributed by atoms with E-state index >= 15 is 0 Å². The summed E-state index contributed by atoms with van der Waals surface area (Å²) in [5, 5.41) is 9.05. The monoisotopic (exact) mass is 282 g/mol. The van der Waals surface area contributed by atoms with E-state index in [1.807, 2.05) is 0 Å². The molecular formula is C14H26N4O2. The van der Waals surface area contributed by atoms with Crippen molar-refractivity contribution in [2.75, 3.05) is 33.2 Å². The Balaban J connectivity index is 1.71. The van der Waals surface area contributed by atoms with Crippen molar-refractivity contribution >= 4 is 11.8 Å². The maximum Gasteiger partial charge on any atom is 0.237 e. The third-order valence-corrected chi connectivity index (χ3v) is 4.40. The van der Waals surface area contributed by atoms with Crippen molar-refractivity contribution in [2.24, 2.45) is 5.92 Å². The number of hydrogen-bond acceptors (Lipinski definition) is 4. The van der Waals surface area contributed by atoms with Crippen molar-refractivity contribution in [1.29, 1.82) is 0 Å². The van der Waals surface area contributed by atoms with Crippen LogP contribution in [0.4, 0.5) is 0 Å². The Hall–Kier alpha value is -1.14. The molecule has 0 bridgehead atoms. The second-order valence-electron chi connectivity index (χ2n) is 5.93. The molecule has 2 fully saturated rings. The van der Waals surface area contributed by atoms with Gasteiger partial charge in [-0.2, -0.15) is 0 Å². The van der Waals surface area contributed by atoms with Crippen LogP contribution >= 0.6 is 0 Å². The molecule has 2 saturated heterocycles. The zero-order chi connectivity index (χ0) is 14.5. The Bertz CT molecular complexity index is 353. The molecule has 6 nitrogen and oxygen atoms in total. The van der Waals surface area contributed by atoms with Gasteiger partial charge in [-0.1, -0.05) is 6.92 Å². The van der Waals surface area contributed by atoms with Crippen LogP contribution in [0.1, 0.15) is 26.2 Å². The van der Waals surface area contributed by atoms with Crippen LogP contribution in [0.25, 0.3) is 0 Å². The van der Waals surface area contributed by atoms with Gasteiger partial charge in [0.15, 0.2) is 0 Å². The average Bonchev–Trinajstić information content (AvgIpc) is 2.87. The number of rotatable bonds is 4. The number of hydrogen-bond donors (Lipinski definition) is 3. The van der Waals surface area contributed by atoms with E-state index in [2.05, 4.69) is 27.8 Å². The van der Waals surface area contributed by atoms with Crippen LogP contribution in [0.3, 0.4) is 0 Å². The van der Waals surface area contributed by atoms with Crippen LogP contribution in [0.2, 0.25) is 0 Å². The summed E-state index contributed by atoms with van der Waals surface area (Å²) >= 11 is 0. The number of nitrogens with one attached hydrogen (secondary N) is 3. The summed E-state index contributed by atoms with van der Waals surface area (Å²) in [5.74, 6) is 0.611. The van der Waals surface area contributed by atoms with E-state index < -0.39 is 0 Å². The molecule has 6 heteroatoms. The molecule has 2 amide bonds. The molecule has 2 rings (SSSR count). The topological polar surface area (TPSA) is 73.5 Å². The molecule has 3 N–H and O–H groups in total. The second-order valence-corrected chi connectivity index (χ2v) is 5.93. The molecule has 2 aliphatic rings. The van der Waals surface area contributed by atoms with Crippen LogP contribution in [-0.2, 0) is 9.59 Å². The minimum absolute atomic E-state index is 0.0288. The van der Waals surface area contributed by atoms with Crippen molar-refractivity contribution in [3.05, 3.63) is 0 Å². The lowest BCUT2D eigenvalue weighted by Gasteiger charge is -2.32. The number of amides is 2. The van der Waals surface area contributed by atoms with Gasteiger partial charge in [-0.15, -0.1) is 0 Å². The summed E-state index contributed by atoms with van der Waals surface area (Å²) in [7, 11) is 1.66. The van der Waals surface area contributed by atoms with Gasteiger partial charge < -0.3 is 16.0 Å². The highest BCUT2D eigenvalue weighted by Crippen LogP contribution is 2.16. The van der Waals surface area contributed by atoms with Crippen LogP contribution in [0, 0.1) is 5.92 Å². The van der Waals surface area contributed by atoms with Gasteiger partial charge >= 0.3 is 0 Å².